The van der Waals surface area contributed by atoms with Crippen molar-refractivity contribution in [3.8, 4) is 5.75 Å². The number of nitrogens with two attached hydrogens (primary N) is 1. The van der Waals surface area contributed by atoms with Gasteiger partial charge in [-0.15, -0.1) is 0 Å². The van der Waals surface area contributed by atoms with Crippen LogP contribution in [0.2, 0.25) is 5.02 Å². The van der Waals surface area contributed by atoms with Crippen LogP contribution in [-0.2, 0) is 11.3 Å². The van der Waals surface area contributed by atoms with Crippen LogP contribution in [0.15, 0.2) is 18.2 Å². The zero-order chi connectivity index (χ0) is 15.1. The van der Waals surface area contributed by atoms with E-state index in [2.05, 4.69) is 5.32 Å². The highest BCUT2D eigenvalue weighted by atomic mass is 35.5. The van der Waals surface area contributed by atoms with E-state index in [1.54, 1.807) is 12.1 Å². The fourth-order valence-corrected chi connectivity index (χ4v) is 2.87. The first kappa shape index (κ1) is 16.1. The minimum absolute atomic E-state index is 0.0226. The summed E-state index contributed by atoms with van der Waals surface area (Å²) < 4.78 is 5.48. The summed E-state index contributed by atoms with van der Waals surface area (Å²) in [5.74, 6) is 0.522. The highest BCUT2D eigenvalue weighted by Gasteiger charge is 2.15. The SMILES string of the molecule is NCc1ccc(OCC(=O)NC2CCCCCC2)cc1Cl. The Labute approximate surface area is 131 Å². The molecular weight excluding hydrogens is 288 g/mol. The zero-order valence-electron chi connectivity index (χ0n) is 12.2. The predicted molar refractivity (Wildman–Crippen MR) is 84.5 cm³/mol. The zero-order valence-corrected chi connectivity index (χ0v) is 13.0. The quantitative estimate of drug-likeness (QED) is 0.822. The molecule has 4 nitrogen and oxygen atoms in total. The van der Waals surface area contributed by atoms with Crippen LogP contribution in [0.5, 0.6) is 5.75 Å². The van der Waals surface area contributed by atoms with Crippen molar-refractivity contribution in [2.75, 3.05) is 6.61 Å². The van der Waals surface area contributed by atoms with Crippen molar-refractivity contribution in [2.24, 2.45) is 5.73 Å². The summed E-state index contributed by atoms with van der Waals surface area (Å²) in [4.78, 5) is 11.9. The predicted octanol–water partition coefficient (Wildman–Crippen LogP) is 3.02. The van der Waals surface area contributed by atoms with Gasteiger partial charge in [-0.3, -0.25) is 4.79 Å². The van der Waals surface area contributed by atoms with Crippen molar-refractivity contribution >= 4 is 17.5 Å². The number of carbonyl (C=O) groups excluding carboxylic acids is 1. The molecule has 0 bridgehead atoms. The minimum atomic E-state index is -0.0686. The Morgan fingerprint density at radius 1 is 1.29 bits per heavy atom. The van der Waals surface area contributed by atoms with Crippen LogP contribution in [0.1, 0.15) is 44.1 Å². The van der Waals surface area contributed by atoms with Crippen LogP contribution in [0, 0.1) is 0 Å². The van der Waals surface area contributed by atoms with Gasteiger partial charge in [-0.2, -0.15) is 0 Å². The third-order valence-electron chi connectivity index (χ3n) is 3.83. The van der Waals surface area contributed by atoms with Crippen molar-refractivity contribution in [1.82, 2.24) is 5.32 Å². The number of ether oxygens (including phenoxy) is 1. The molecular formula is C16H23ClN2O2. The van der Waals surface area contributed by atoms with Crippen molar-refractivity contribution in [1.29, 1.82) is 0 Å². The average Bonchev–Trinajstić information content (AvgIpc) is 2.74. The minimum Gasteiger partial charge on any atom is -0.484 e. The molecule has 21 heavy (non-hydrogen) atoms. The van der Waals surface area contributed by atoms with E-state index in [9.17, 15) is 4.79 Å². The van der Waals surface area contributed by atoms with Gasteiger partial charge in [0.2, 0.25) is 0 Å². The maximum atomic E-state index is 11.9. The third-order valence-corrected chi connectivity index (χ3v) is 4.19. The standard InChI is InChI=1S/C16H23ClN2O2/c17-15-9-14(8-7-12(15)10-18)21-11-16(20)19-13-5-3-1-2-4-6-13/h7-9,13H,1-6,10-11,18H2,(H,19,20). The van der Waals surface area contributed by atoms with Crippen molar-refractivity contribution in [2.45, 2.75) is 51.1 Å². The second-order valence-electron chi connectivity index (χ2n) is 5.50. The Bertz CT molecular complexity index is 471. The lowest BCUT2D eigenvalue weighted by molar-refractivity contribution is -0.123. The highest BCUT2D eigenvalue weighted by molar-refractivity contribution is 6.31. The monoisotopic (exact) mass is 310 g/mol. The van der Waals surface area contributed by atoms with Gasteiger partial charge in [0, 0.05) is 17.6 Å². The molecule has 1 aliphatic carbocycles. The third kappa shape index (κ3) is 5.21. The summed E-state index contributed by atoms with van der Waals surface area (Å²) in [5, 5.41) is 3.62. The highest BCUT2D eigenvalue weighted by Crippen LogP contribution is 2.22. The lowest BCUT2D eigenvalue weighted by Crippen LogP contribution is -2.37. The van der Waals surface area contributed by atoms with Gasteiger partial charge in [0.15, 0.2) is 6.61 Å². The fraction of sp³-hybridized carbons (Fsp3) is 0.562. The Kier molecular flexibility index (Phi) is 6.33. The van der Waals surface area contributed by atoms with Crippen LogP contribution in [0.25, 0.3) is 0 Å². The van der Waals surface area contributed by atoms with Crippen LogP contribution in [0.3, 0.4) is 0 Å². The van der Waals surface area contributed by atoms with Crippen LogP contribution in [-0.4, -0.2) is 18.6 Å². The van der Waals surface area contributed by atoms with Gasteiger partial charge >= 0.3 is 0 Å². The van der Waals surface area contributed by atoms with E-state index in [1.165, 1.54) is 25.7 Å². The van der Waals surface area contributed by atoms with E-state index in [0.29, 0.717) is 23.4 Å². The largest absolute Gasteiger partial charge is 0.484 e. The maximum Gasteiger partial charge on any atom is 0.258 e. The molecule has 0 heterocycles. The van der Waals surface area contributed by atoms with E-state index in [4.69, 9.17) is 22.1 Å². The molecule has 0 atom stereocenters. The summed E-state index contributed by atoms with van der Waals surface area (Å²) in [6.45, 7) is 0.413. The molecule has 1 saturated carbocycles. The first-order valence-electron chi connectivity index (χ1n) is 7.59. The summed E-state index contributed by atoms with van der Waals surface area (Å²) in [7, 11) is 0. The molecule has 1 aliphatic rings. The van der Waals surface area contributed by atoms with E-state index < -0.39 is 0 Å². The molecule has 1 aromatic carbocycles. The Morgan fingerprint density at radius 3 is 2.62 bits per heavy atom. The van der Waals surface area contributed by atoms with Gasteiger partial charge in [0.25, 0.3) is 5.91 Å². The Morgan fingerprint density at radius 2 is 2.00 bits per heavy atom. The molecule has 1 fully saturated rings. The van der Waals surface area contributed by atoms with Crippen molar-refractivity contribution in [3.63, 3.8) is 0 Å². The first-order chi connectivity index (χ1) is 10.2. The molecule has 0 spiro atoms. The summed E-state index contributed by atoms with van der Waals surface area (Å²) in [5.41, 5.74) is 6.42. The number of rotatable bonds is 5. The summed E-state index contributed by atoms with van der Waals surface area (Å²) >= 11 is 6.06. The maximum absolute atomic E-state index is 11.9. The lowest BCUT2D eigenvalue weighted by atomic mass is 10.1. The number of halogens is 1. The van der Waals surface area contributed by atoms with Gasteiger partial charge in [0.1, 0.15) is 5.75 Å². The van der Waals surface area contributed by atoms with E-state index in [1.807, 2.05) is 6.07 Å². The molecule has 0 saturated heterocycles. The fourth-order valence-electron chi connectivity index (χ4n) is 2.63. The van der Waals surface area contributed by atoms with Crippen LogP contribution < -0.4 is 15.8 Å². The smallest absolute Gasteiger partial charge is 0.258 e. The molecule has 0 unspecified atom stereocenters. The van der Waals surface area contributed by atoms with Crippen molar-refractivity contribution < 1.29 is 9.53 Å². The van der Waals surface area contributed by atoms with Crippen LogP contribution in [0.4, 0.5) is 0 Å². The number of amides is 1. The Hall–Kier alpha value is -1.26. The molecule has 5 heteroatoms. The van der Waals surface area contributed by atoms with Gasteiger partial charge in [-0.1, -0.05) is 43.4 Å². The number of carbonyl (C=O) groups is 1. The summed E-state index contributed by atoms with van der Waals surface area (Å²) in [6.07, 6.45) is 7.08. The molecule has 1 amide bonds. The Balaban J connectivity index is 1.79. The topological polar surface area (TPSA) is 64.3 Å². The molecule has 3 N–H and O–H groups in total. The van der Waals surface area contributed by atoms with E-state index >= 15 is 0 Å². The molecule has 2 rings (SSSR count). The average molecular weight is 311 g/mol. The van der Waals surface area contributed by atoms with E-state index in [0.717, 1.165) is 18.4 Å². The molecule has 1 aromatic rings. The molecule has 0 aliphatic heterocycles. The molecule has 0 radical (unpaired) electrons. The molecule has 0 aromatic heterocycles. The van der Waals surface area contributed by atoms with Gasteiger partial charge in [-0.05, 0) is 30.5 Å². The second kappa shape index (κ2) is 8.25. The van der Waals surface area contributed by atoms with Gasteiger partial charge < -0.3 is 15.8 Å². The number of hydrogen-bond acceptors (Lipinski definition) is 3. The number of benzene rings is 1. The number of nitrogens with one attached hydrogen (secondary N) is 1. The lowest BCUT2D eigenvalue weighted by Gasteiger charge is -2.16. The first-order valence-corrected chi connectivity index (χ1v) is 7.97. The van der Waals surface area contributed by atoms with Gasteiger partial charge in [0.05, 0.1) is 0 Å². The normalized spacial score (nSPS) is 16.3. The second-order valence-corrected chi connectivity index (χ2v) is 5.91. The summed E-state index contributed by atoms with van der Waals surface area (Å²) in [6, 6.07) is 5.60. The van der Waals surface area contributed by atoms with Crippen LogP contribution >= 0.6 is 11.6 Å². The number of hydrogen-bond donors (Lipinski definition) is 2. The van der Waals surface area contributed by atoms with Crippen molar-refractivity contribution in [3.05, 3.63) is 28.8 Å². The molecule has 116 valence electrons. The van der Waals surface area contributed by atoms with Gasteiger partial charge in [-0.25, -0.2) is 0 Å². The van der Waals surface area contributed by atoms with E-state index in [-0.39, 0.29) is 12.5 Å².